The maximum absolute atomic E-state index is 4.48. The van der Waals surface area contributed by atoms with Gasteiger partial charge in [0.05, 0.1) is 18.1 Å². The highest BCUT2D eigenvalue weighted by Gasteiger charge is 2.22. The van der Waals surface area contributed by atoms with E-state index in [1.807, 2.05) is 6.33 Å². The predicted molar refractivity (Wildman–Crippen MR) is 57.1 cm³/mol. The molecule has 1 unspecified atom stereocenters. The van der Waals surface area contributed by atoms with Gasteiger partial charge in [-0.25, -0.2) is 4.98 Å². The molecule has 14 heavy (non-hydrogen) atoms. The molecule has 3 heteroatoms. The molecule has 2 rings (SSSR count). The zero-order valence-corrected chi connectivity index (χ0v) is 9.11. The molecule has 1 aliphatic rings. The van der Waals surface area contributed by atoms with Crippen molar-refractivity contribution in [3.63, 3.8) is 0 Å². The number of nitrogens with zero attached hydrogens (tertiary/aromatic N) is 3. The minimum Gasteiger partial charge on any atom is -0.337 e. The summed E-state index contributed by atoms with van der Waals surface area (Å²) in [6, 6.07) is 0.552. The third kappa shape index (κ3) is 1.82. The first-order valence-electron chi connectivity index (χ1n) is 5.53. The lowest BCUT2D eigenvalue weighted by Crippen LogP contribution is -2.29. The van der Waals surface area contributed by atoms with Crippen molar-refractivity contribution in [2.75, 3.05) is 13.6 Å². The minimum atomic E-state index is 0.552. The quantitative estimate of drug-likeness (QED) is 0.717. The first-order chi connectivity index (χ1) is 6.81. The summed E-state index contributed by atoms with van der Waals surface area (Å²) in [5, 5.41) is 0. The number of rotatable bonds is 2. The van der Waals surface area contributed by atoms with Gasteiger partial charge in [0, 0.05) is 12.7 Å². The molecule has 1 saturated heterocycles. The van der Waals surface area contributed by atoms with Crippen molar-refractivity contribution >= 4 is 0 Å². The Morgan fingerprint density at radius 2 is 2.36 bits per heavy atom. The van der Waals surface area contributed by atoms with Crippen LogP contribution in [0, 0.1) is 0 Å². The van der Waals surface area contributed by atoms with Crippen molar-refractivity contribution in [2.45, 2.75) is 38.8 Å². The van der Waals surface area contributed by atoms with Crippen LogP contribution in [0.25, 0.3) is 0 Å². The van der Waals surface area contributed by atoms with Crippen LogP contribution in [0.3, 0.4) is 0 Å². The largest absolute Gasteiger partial charge is 0.337 e. The Balaban J connectivity index is 2.12. The van der Waals surface area contributed by atoms with Crippen LogP contribution in [0.15, 0.2) is 12.5 Å². The highest BCUT2D eigenvalue weighted by Crippen LogP contribution is 2.27. The molecule has 1 aromatic rings. The van der Waals surface area contributed by atoms with E-state index < -0.39 is 0 Å². The molecule has 1 aliphatic heterocycles. The van der Waals surface area contributed by atoms with Crippen molar-refractivity contribution in [3.05, 3.63) is 18.2 Å². The Morgan fingerprint density at radius 1 is 1.50 bits per heavy atom. The molecule has 1 aromatic heterocycles. The molecule has 0 amide bonds. The highest BCUT2D eigenvalue weighted by molar-refractivity contribution is 5.05. The van der Waals surface area contributed by atoms with Crippen LogP contribution in [-0.2, 0) is 6.54 Å². The number of piperidine rings is 1. The second-order valence-electron chi connectivity index (χ2n) is 4.12. The van der Waals surface area contributed by atoms with Gasteiger partial charge in [-0.15, -0.1) is 0 Å². The lowest BCUT2D eigenvalue weighted by atomic mass is 10.0. The Labute approximate surface area is 85.7 Å². The molecule has 0 radical (unpaired) electrons. The third-order valence-corrected chi connectivity index (χ3v) is 3.13. The van der Waals surface area contributed by atoms with Crippen molar-refractivity contribution in [2.24, 2.45) is 0 Å². The van der Waals surface area contributed by atoms with Crippen LogP contribution in [0.2, 0.25) is 0 Å². The Hall–Kier alpha value is -0.830. The van der Waals surface area contributed by atoms with Crippen LogP contribution in [-0.4, -0.2) is 28.0 Å². The van der Waals surface area contributed by atoms with Gasteiger partial charge >= 0.3 is 0 Å². The molecule has 0 aromatic carbocycles. The summed E-state index contributed by atoms with van der Waals surface area (Å²) in [5.74, 6) is 0. The molecule has 1 atom stereocenters. The fourth-order valence-electron chi connectivity index (χ4n) is 2.17. The summed E-state index contributed by atoms with van der Waals surface area (Å²) in [4.78, 5) is 6.90. The number of aryl methyl sites for hydroxylation is 1. The fraction of sp³-hybridized carbons (Fsp3) is 0.727. The monoisotopic (exact) mass is 193 g/mol. The average molecular weight is 193 g/mol. The minimum absolute atomic E-state index is 0.552. The van der Waals surface area contributed by atoms with Crippen molar-refractivity contribution in [1.29, 1.82) is 0 Å². The van der Waals surface area contributed by atoms with Crippen LogP contribution in [0.5, 0.6) is 0 Å². The SMILES string of the molecule is CCn1cnc(C2CCCCN2C)c1. The topological polar surface area (TPSA) is 21.1 Å². The predicted octanol–water partition coefficient (Wildman–Crippen LogP) is 2.06. The van der Waals surface area contributed by atoms with E-state index in [4.69, 9.17) is 0 Å². The molecule has 78 valence electrons. The van der Waals surface area contributed by atoms with Crippen LogP contribution >= 0.6 is 0 Å². The second-order valence-corrected chi connectivity index (χ2v) is 4.12. The first kappa shape index (κ1) is 9.71. The highest BCUT2D eigenvalue weighted by atomic mass is 15.2. The van der Waals surface area contributed by atoms with E-state index in [1.165, 1.54) is 31.5 Å². The molecule has 0 spiro atoms. The van der Waals surface area contributed by atoms with Crippen molar-refractivity contribution < 1.29 is 0 Å². The fourth-order valence-corrected chi connectivity index (χ4v) is 2.17. The van der Waals surface area contributed by atoms with Gasteiger partial charge in [0.1, 0.15) is 0 Å². The lowest BCUT2D eigenvalue weighted by Gasteiger charge is -2.31. The van der Waals surface area contributed by atoms with E-state index in [1.54, 1.807) is 0 Å². The molecule has 3 nitrogen and oxygen atoms in total. The summed E-state index contributed by atoms with van der Waals surface area (Å²) in [6.07, 6.45) is 8.07. The molecular weight excluding hydrogens is 174 g/mol. The first-order valence-corrected chi connectivity index (χ1v) is 5.53. The summed E-state index contributed by atoms with van der Waals surface area (Å²) in [5.41, 5.74) is 1.24. The van der Waals surface area contributed by atoms with Crippen molar-refractivity contribution in [3.8, 4) is 0 Å². The molecule has 0 aliphatic carbocycles. The van der Waals surface area contributed by atoms with Gasteiger partial charge in [0.15, 0.2) is 0 Å². The van der Waals surface area contributed by atoms with Gasteiger partial charge in [-0.3, -0.25) is 4.90 Å². The second kappa shape index (κ2) is 4.13. The van der Waals surface area contributed by atoms with Crippen LogP contribution in [0.4, 0.5) is 0 Å². The van der Waals surface area contributed by atoms with Gasteiger partial charge in [-0.2, -0.15) is 0 Å². The van der Waals surface area contributed by atoms with Gasteiger partial charge < -0.3 is 4.57 Å². The summed E-state index contributed by atoms with van der Waals surface area (Å²) in [6.45, 7) is 4.38. The van der Waals surface area contributed by atoms with E-state index in [2.05, 4.69) is 34.6 Å². The molecule has 2 heterocycles. The van der Waals surface area contributed by atoms with Crippen molar-refractivity contribution in [1.82, 2.24) is 14.5 Å². The van der Waals surface area contributed by atoms with Crippen LogP contribution in [0.1, 0.15) is 37.9 Å². The standard InChI is InChI=1S/C11H19N3/c1-3-14-8-10(12-9-14)11-6-4-5-7-13(11)2/h8-9,11H,3-7H2,1-2H3. The number of hydrogen-bond donors (Lipinski definition) is 0. The Bertz CT molecular complexity index is 292. The smallest absolute Gasteiger partial charge is 0.0950 e. The average Bonchev–Trinajstić information content (AvgIpc) is 2.67. The molecule has 1 fully saturated rings. The normalized spacial score (nSPS) is 24.0. The van der Waals surface area contributed by atoms with E-state index in [-0.39, 0.29) is 0 Å². The molecule has 0 saturated carbocycles. The maximum Gasteiger partial charge on any atom is 0.0950 e. The van der Waals surface area contributed by atoms with Gasteiger partial charge in [-0.05, 0) is 33.4 Å². The maximum atomic E-state index is 4.48. The van der Waals surface area contributed by atoms with E-state index in [0.29, 0.717) is 6.04 Å². The summed E-state index contributed by atoms with van der Waals surface area (Å²) < 4.78 is 2.15. The lowest BCUT2D eigenvalue weighted by molar-refractivity contribution is 0.184. The van der Waals surface area contributed by atoms with Gasteiger partial charge in [0.25, 0.3) is 0 Å². The van der Waals surface area contributed by atoms with E-state index in [0.717, 1.165) is 6.54 Å². The molecule has 0 bridgehead atoms. The number of aromatic nitrogens is 2. The Morgan fingerprint density at radius 3 is 3.00 bits per heavy atom. The Kier molecular flexibility index (Phi) is 2.87. The molecule has 0 N–H and O–H groups in total. The zero-order valence-electron chi connectivity index (χ0n) is 9.11. The summed E-state index contributed by atoms with van der Waals surface area (Å²) in [7, 11) is 2.20. The number of likely N-dealkylation sites (tertiary alicyclic amines) is 1. The molecular formula is C11H19N3. The summed E-state index contributed by atoms with van der Waals surface area (Å²) >= 11 is 0. The zero-order chi connectivity index (χ0) is 9.97. The van der Waals surface area contributed by atoms with Crippen LogP contribution < -0.4 is 0 Å². The number of imidazole rings is 1. The number of hydrogen-bond acceptors (Lipinski definition) is 2. The third-order valence-electron chi connectivity index (χ3n) is 3.13. The van der Waals surface area contributed by atoms with E-state index >= 15 is 0 Å². The van der Waals surface area contributed by atoms with Gasteiger partial charge in [-0.1, -0.05) is 6.42 Å². The van der Waals surface area contributed by atoms with Gasteiger partial charge in [0.2, 0.25) is 0 Å². The van der Waals surface area contributed by atoms with E-state index in [9.17, 15) is 0 Å².